The summed E-state index contributed by atoms with van der Waals surface area (Å²) in [7, 11) is 0. The zero-order valence-corrected chi connectivity index (χ0v) is 8.96. The van der Waals surface area contributed by atoms with E-state index in [9.17, 15) is 0 Å². The van der Waals surface area contributed by atoms with Gasteiger partial charge in [0.1, 0.15) is 0 Å². The lowest BCUT2D eigenvalue weighted by atomic mass is 9.85. The molecule has 1 aliphatic rings. The third-order valence-corrected chi connectivity index (χ3v) is 3.23. The summed E-state index contributed by atoms with van der Waals surface area (Å²) in [6, 6.07) is 15.6. The molecule has 2 aromatic carbocycles. The Kier molecular flexibility index (Phi) is 1.88. The topological polar surface area (TPSA) is 0 Å². The first kappa shape index (κ1) is 8.72. The van der Waals surface area contributed by atoms with Crippen molar-refractivity contribution in [3.05, 3.63) is 59.2 Å². The van der Waals surface area contributed by atoms with E-state index in [1.54, 1.807) is 0 Å². The normalized spacial score (nSPS) is 13.1. The molecule has 0 spiro atoms. The van der Waals surface area contributed by atoms with Crippen LogP contribution in [-0.2, 0) is 12.8 Å². The molecule has 0 N–H and O–H groups in total. The van der Waals surface area contributed by atoms with Crippen LogP contribution in [0, 0.1) is 6.92 Å². The minimum Gasteiger partial charge on any atom is -0.0620 e. The van der Waals surface area contributed by atoms with E-state index in [0.29, 0.717) is 0 Å². The largest absolute Gasteiger partial charge is 0.0620 e. The standard InChI is InChI=1S/C15H14/c1-11-6-9-15-13(10-11)8-7-12-4-2-3-5-14(12)15/h2-6,9-10H,7-8H2,1H3. The van der Waals surface area contributed by atoms with Crippen LogP contribution in [0.2, 0.25) is 0 Å². The average molecular weight is 194 g/mol. The lowest BCUT2D eigenvalue weighted by Crippen LogP contribution is -2.03. The maximum atomic E-state index is 2.32. The highest BCUT2D eigenvalue weighted by Gasteiger charge is 2.14. The van der Waals surface area contributed by atoms with Crippen LogP contribution in [0.15, 0.2) is 42.5 Å². The summed E-state index contributed by atoms with van der Waals surface area (Å²) in [5.74, 6) is 0. The lowest BCUT2D eigenvalue weighted by Gasteiger charge is -2.19. The second-order valence-electron chi connectivity index (χ2n) is 4.32. The molecule has 0 amide bonds. The quantitative estimate of drug-likeness (QED) is 0.599. The molecule has 2 aromatic rings. The maximum absolute atomic E-state index is 2.32. The molecule has 0 saturated heterocycles. The highest BCUT2D eigenvalue weighted by Crippen LogP contribution is 2.33. The van der Waals surface area contributed by atoms with Gasteiger partial charge in [-0.1, -0.05) is 48.0 Å². The van der Waals surface area contributed by atoms with E-state index in [1.807, 2.05) is 0 Å². The van der Waals surface area contributed by atoms with Gasteiger partial charge in [0.25, 0.3) is 0 Å². The first-order valence-corrected chi connectivity index (χ1v) is 5.52. The number of rotatable bonds is 0. The lowest BCUT2D eigenvalue weighted by molar-refractivity contribution is 0.940. The Balaban J connectivity index is 2.26. The van der Waals surface area contributed by atoms with E-state index in [-0.39, 0.29) is 0 Å². The molecule has 0 atom stereocenters. The predicted octanol–water partition coefficient (Wildman–Crippen LogP) is 3.76. The van der Waals surface area contributed by atoms with E-state index < -0.39 is 0 Å². The zero-order valence-electron chi connectivity index (χ0n) is 8.96. The van der Waals surface area contributed by atoms with E-state index in [0.717, 1.165) is 0 Å². The van der Waals surface area contributed by atoms with Crippen molar-refractivity contribution < 1.29 is 0 Å². The monoisotopic (exact) mass is 194 g/mol. The molecule has 0 nitrogen and oxygen atoms in total. The molecule has 0 saturated carbocycles. The first-order chi connectivity index (χ1) is 7.34. The van der Waals surface area contributed by atoms with Crippen LogP contribution in [-0.4, -0.2) is 0 Å². The first-order valence-electron chi connectivity index (χ1n) is 5.52. The van der Waals surface area contributed by atoms with Gasteiger partial charge in [0.15, 0.2) is 0 Å². The van der Waals surface area contributed by atoms with Crippen LogP contribution < -0.4 is 0 Å². The van der Waals surface area contributed by atoms with Crippen molar-refractivity contribution in [1.82, 2.24) is 0 Å². The predicted molar refractivity (Wildman–Crippen MR) is 64.0 cm³/mol. The van der Waals surface area contributed by atoms with Gasteiger partial charge in [-0.05, 0) is 42.0 Å². The number of hydrogen-bond donors (Lipinski definition) is 0. The van der Waals surface area contributed by atoms with Gasteiger partial charge in [-0.25, -0.2) is 0 Å². The minimum atomic E-state index is 1.19. The smallest absolute Gasteiger partial charge is 0.0149 e. The number of hydrogen-bond acceptors (Lipinski definition) is 0. The molecule has 0 unspecified atom stereocenters. The second-order valence-corrected chi connectivity index (χ2v) is 4.32. The maximum Gasteiger partial charge on any atom is -0.0149 e. The summed E-state index contributed by atoms with van der Waals surface area (Å²) < 4.78 is 0. The van der Waals surface area contributed by atoms with Gasteiger partial charge in [-0.15, -0.1) is 0 Å². The molecule has 0 heterocycles. The Morgan fingerprint density at radius 3 is 2.47 bits per heavy atom. The Morgan fingerprint density at radius 1 is 0.800 bits per heavy atom. The van der Waals surface area contributed by atoms with Crippen LogP contribution in [0.3, 0.4) is 0 Å². The van der Waals surface area contributed by atoms with Crippen molar-refractivity contribution >= 4 is 0 Å². The molecule has 0 aliphatic heterocycles. The zero-order chi connectivity index (χ0) is 10.3. The molecule has 3 rings (SSSR count). The highest BCUT2D eigenvalue weighted by atomic mass is 14.2. The molecule has 74 valence electrons. The third kappa shape index (κ3) is 1.37. The molecular weight excluding hydrogens is 180 g/mol. The fourth-order valence-corrected chi connectivity index (χ4v) is 2.46. The van der Waals surface area contributed by atoms with Crippen LogP contribution >= 0.6 is 0 Å². The number of aryl methyl sites for hydroxylation is 3. The Labute approximate surface area is 90.6 Å². The number of fused-ring (bicyclic) bond motifs is 3. The van der Waals surface area contributed by atoms with Crippen molar-refractivity contribution in [2.45, 2.75) is 19.8 Å². The molecule has 1 aliphatic carbocycles. The molecule has 0 radical (unpaired) electrons. The van der Waals surface area contributed by atoms with Gasteiger partial charge >= 0.3 is 0 Å². The average Bonchev–Trinajstić information content (AvgIpc) is 2.28. The van der Waals surface area contributed by atoms with E-state index in [4.69, 9.17) is 0 Å². The van der Waals surface area contributed by atoms with Crippen LogP contribution in [0.1, 0.15) is 16.7 Å². The van der Waals surface area contributed by atoms with Gasteiger partial charge in [-0.2, -0.15) is 0 Å². The van der Waals surface area contributed by atoms with Crippen LogP contribution in [0.25, 0.3) is 11.1 Å². The Morgan fingerprint density at radius 2 is 1.53 bits per heavy atom. The fraction of sp³-hybridized carbons (Fsp3) is 0.200. The van der Waals surface area contributed by atoms with Crippen molar-refractivity contribution in [3.8, 4) is 11.1 Å². The molecular formula is C15H14. The van der Waals surface area contributed by atoms with Crippen LogP contribution in [0.5, 0.6) is 0 Å². The summed E-state index contributed by atoms with van der Waals surface area (Å²) >= 11 is 0. The molecule has 0 bridgehead atoms. The summed E-state index contributed by atoms with van der Waals surface area (Å²) in [6.45, 7) is 2.17. The van der Waals surface area contributed by atoms with Gasteiger partial charge in [0.05, 0.1) is 0 Å². The molecule has 0 fully saturated rings. The van der Waals surface area contributed by atoms with Crippen LogP contribution in [0.4, 0.5) is 0 Å². The molecule has 0 heteroatoms. The Bertz CT molecular complexity index is 509. The van der Waals surface area contributed by atoms with E-state index >= 15 is 0 Å². The fourth-order valence-electron chi connectivity index (χ4n) is 2.46. The summed E-state index contributed by atoms with van der Waals surface area (Å²) in [5, 5.41) is 0. The SMILES string of the molecule is Cc1ccc2c(c1)CCc1ccccc1-2. The molecule has 0 aromatic heterocycles. The number of benzene rings is 2. The molecule has 15 heavy (non-hydrogen) atoms. The van der Waals surface area contributed by atoms with E-state index in [1.165, 1.54) is 40.7 Å². The van der Waals surface area contributed by atoms with Crippen molar-refractivity contribution in [1.29, 1.82) is 0 Å². The van der Waals surface area contributed by atoms with Crippen molar-refractivity contribution in [2.75, 3.05) is 0 Å². The van der Waals surface area contributed by atoms with Gasteiger partial charge in [0, 0.05) is 0 Å². The highest BCUT2D eigenvalue weighted by molar-refractivity contribution is 5.73. The summed E-state index contributed by atoms with van der Waals surface area (Å²) in [5.41, 5.74) is 7.23. The third-order valence-electron chi connectivity index (χ3n) is 3.23. The van der Waals surface area contributed by atoms with Gasteiger partial charge in [0.2, 0.25) is 0 Å². The second kappa shape index (κ2) is 3.23. The van der Waals surface area contributed by atoms with Crippen molar-refractivity contribution in [2.24, 2.45) is 0 Å². The van der Waals surface area contributed by atoms with Gasteiger partial charge < -0.3 is 0 Å². The van der Waals surface area contributed by atoms with Gasteiger partial charge in [-0.3, -0.25) is 0 Å². The summed E-state index contributed by atoms with van der Waals surface area (Å²) in [6.07, 6.45) is 2.38. The summed E-state index contributed by atoms with van der Waals surface area (Å²) in [4.78, 5) is 0. The van der Waals surface area contributed by atoms with Crippen molar-refractivity contribution in [3.63, 3.8) is 0 Å². The Hall–Kier alpha value is -1.56. The minimum absolute atomic E-state index is 1.19. The van der Waals surface area contributed by atoms with E-state index in [2.05, 4.69) is 49.4 Å².